The van der Waals surface area contributed by atoms with Crippen LogP contribution in [0.2, 0.25) is 0 Å². The molecule has 1 fully saturated rings. The van der Waals surface area contributed by atoms with Gasteiger partial charge in [0, 0.05) is 46.3 Å². The summed E-state index contributed by atoms with van der Waals surface area (Å²) in [5.74, 6) is 1.21. The van der Waals surface area contributed by atoms with Crippen molar-refractivity contribution in [1.29, 1.82) is 0 Å². The Kier molecular flexibility index (Phi) is 8.97. The number of furan rings is 1. The quantitative estimate of drug-likeness (QED) is 0.380. The molecular weight excluding hydrogens is 481 g/mol. The minimum atomic E-state index is -0.0505. The summed E-state index contributed by atoms with van der Waals surface area (Å²) in [6.45, 7) is 4.46. The number of carbonyl (C=O) groups is 1. The van der Waals surface area contributed by atoms with Crippen LogP contribution in [0.3, 0.4) is 0 Å². The van der Waals surface area contributed by atoms with E-state index in [4.69, 9.17) is 4.42 Å². The number of hydrogen-bond acceptors (Lipinski definition) is 4. The Morgan fingerprint density at radius 3 is 2.24 bits per heavy atom. The van der Waals surface area contributed by atoms with Crippen LogP contribution in [0.25, 0.3) is 0 Å². The van der Waals surface area contributed by atoms with Gasteiger partial charge < -0.3 is 24.4 Å². The van der Waals surface area contributed by atoms with Crippen LogP contribution in [0.1, 0.15) is 21.7 Å². The van der Waals surface area contributed by atoms with E-state index in [1.165, 1.54) is 17.4 Å². The van der Waals surface area contributed by atoms with E-state index in [0.717, 1.165) is 32.1 Å². The minimum absolute atomic E-state index is 0. The van der Waals surface area contributed by atoms with E-state index in [-0.39, 0.29) is 29.9 Å². The molecule has 1 saturated heterocycles. The Labute approximate surface area is 189 Å². The number of benzene rings is 1. The Balaban J connectivity index is 0.00000300. The summed E-state index contributed by atoms with van der Waals surface area (Å²) in [7, 11) is 5.94. The first kappa shape index (κ1) is 23.2. The smallest absolute Gasteiger partial charge is 0.289 e. The third kappa shape index (κ3) is 6.46. The van der Waals surface area contributed by atoms with E-state index < -0.39 is 0 Å². The zero-order chi connectivity index (χ0) is 19.9. The van der Waals surface area contributed by atoms with Gasteiger partial charge in [0.1, 0.15) is 0 Å². The van der Waals surface area contributed by atoms with Crippen molar-refractivity contribution in [2.24, 2.45) is 4.99 Å². The molecule has 0 radical (unpaired) electrons. The number of carbonyl (C=O) groups excluding carboxylic acids is 1. The molecule has 1 aliphatic heterocycles. The average molecular weight is 511 g/mol. The molecule has 0 bridgehead atoms. The van der Waals surface area contributed by atoms with E-state index in [1.807, 2.05) is 4.90 Å². The van der Waals surface area contributed by atoms with Crippen molar-refractivity contribution in [2.75, 3.05) is 47.3 Å². The molecule has 0 unspecified atom stereocenters. The third-order valence-corrected chi connectivity index (χ3v) is 4.78. The lowest BCUT2D eigenvalue weighted by Crippen LogP contribution is -2.53. The molecule has 1 aliphatic rings. The lowest BCUT2D eigenvalue weighted by atomic mass is 10.1. The first-order valence-electron chi connectivity index (χ1n) is 9.57. The summed E-state index contributed by atoms with van der Waals surface area (Å²) in [5, 5.41) is 3.43. The van der Waals surface area contributed by atoms with Crippen molar-refractivity contribution >= 4 is 35.8 Å². The van der Waals surface area contributed by atoms with Gasteiger partial charge in [-0.25, -0.2) is 0 Å². The second-order valence-electron chi connectivity index (χ2n) is 7.21. The SMILES string of the molecule is CN=C(NCc1ccc(CN(C)C)cc1)N1CCN(C(=O)c2ccco2)CC1.I. The van der Waals surface area contributed by atoms with E-state index in [1.54, 1.807) is 19.2 Å². The predicted octanol–water partition coefficient (Wildman–Crippen LogP) is 2.49. The Morgan fingerprint density at radius 2 is 1.69 bits per heavy atom. The maximum absolute atomic E-state index is 12.4. The second-order valence-corrected chi connectivity index (χ2v) is 7.21. The van der Waals surface area contributed by atoms with Gasteiger partial charge in [0.2, 0.25) is 0 Å². The highest BCUT2D eigenvalue weighted by Crippen LogP contribution is 2.10. The molecule has 8 heteroatoms. The van der Waals surface area contributed by atoms with Crippen molar-refractivity contribution < 1.29 is 9.21 Å². The van der Waals surface area contributed by atoms with Crippen LogP contribution in [0.4, 0.5) is 0 Å². The summed E-state index contributed by atoms with van der Waals surface area (Å²) in [4.78, 5) is 23.0. The van der Waals surface area contributed by atoms with E-state index in [0.29, 0.717) is 18.8 Å². The summed E-state index contributed by atoms with van der Waals surface area (Å²) < 4.78 is 5.22. The maximum Gasteiger partial charge on any atom is 0.289 e. The number of nitrogens with one attached hydrogen (secondary N) is 1. The van der Waals surface area contributed by atoms with Gasteiger partial charge in [-0.15, -0.1) is 24.0 Å². The van der Waals surface area contributed by atoms with Gasteiger partial charge in [0.25, 0.3) is 5.91 Å². The number of nitrogens with zero attached hydrogens (tertiary/aromatic N) is 4. The van der Waals surface area contributed by atoms with Gasteiger partial charge >= 0.3 is 0 Å². The lowest BCUT2D eigenvalue weighted by Gasteiger charge is -2.36. The highest BCUT2D eigenvalue weighted by molar-refractivity contribution is 14.0. The summed E-state index contributed by atoms with van der Waals surface area (Å²) >= 11 is 0. The van der Waals surface area contributed by atoms with Gasteiger partial charge in [0.05, 0.1) is 6.26 Å². The Bertz CT molecular complexity index is 782. The summed E-state index contributed by atoms with van der Waals surface area (Å²) in [5.41, 5.74) is 2.52. The van der Waals surface area contributed by atoms with Crippen LogP contribution >= 0.6 is 24.0 Å². The third-order valence-electron chi connectivity index (χ3n) is 4.78. The van der Waals surface area contributed by atoms with E-state index in [2.05, 4.69) is 58.5 Å². The van der Waals surface area contributed by atoms with Crippen molar-refractivity contribution in [3.8, 4) is 0 Å². The van der Waals surface area contributed by atoms with Crippen LogP contribution in [-0.4, -0.2) is 73.9 Å². The number of piperazine rings is 1. The van der Waals surface area contributed by atoms with Gasteiger partial charge in [-0.1, -0.05) is 24.3 Å². The molecular formula is C21H30IN5O2. The molecule has 0 spiro atoms. The number of hydrogen-bond donors (Lipinski definition) is 1. The molecule has 1 amide bonds. The lowest BCUT2D eigenvalue weighted by molar-refractivity contribution is 0.0657. The topological polar surface area (TPSA) is 64.3 Å². The number of rotatable bonds is 5. The summed E-state index contributed by atoms with van der Waals surface area (Å²) in [6.07, 6.45) is 1.53. The molecule has 0 atom stereocenters. The number of aliphatic imine (C=N–C) groups is 1. The second kappa shape index (κ2) is 11.2. The average Bonchev–Trinajstić information content (AvgIpc) is 3.24. The van der Waals surface area contributed by atoms with E-state index in [9.17, 15) is 4.79 Å². The van der Waals surface area contributed by atoms with Gasteiger partial charge in [-0.3, -0.25) is 9.79 Å². The van der Waals surface area contributed by atoms with E-state index >= 15 is 0 Å². The van der Waals surface area contributed by atoms with Crippen molar-refractivity contribution in [3.63, 3.8) is 0 Å². The molecule has 3 rings (SSSR count). The number of amides is 1. The van der Waals surface area contributed by atoms with Crippen molar-refractivity contribution in [3.05, 3.63) is 59.5 Å². The first-order valence-corrected chi connectivity index (χ1v) is 9.57. The zero-order valence-corrected chi connectivity index (χ0v) is 19.6. The molecule has 1 aromatic carbocycles. The van der Waals surface area contributed by atoms with Crippen LogP contribution < -0.4 is 5.32 Å². The Hall–Kier alpha value is -2.07. The van der Waals surface area contributed by atoms with Gasteiger partial charge in [0.15, 0.2) is 11.7 Å². The molecule has 1 aromatic heterocycles. The fraction of sp³-hybridized carbons (Fsp3) is 0.429. The fourth-order valence-corrected chi connectivity index (χ4v) is 3.32. The van der Waals surface area contributed by atoms with Crippen LogP contribution in [0.15, 0.2) is 52.1 Å². The van der Waals surface area contributed by atoms with Crippen LogP contribution in [0.5, 0.6) is 0 Å². The standard InChI is InChI=1S/C21H29N5O2.HI/c1-22-21(23-15-17-6-8-18(9-7-17)16-24(2)3)26-12-10-25(11-13-26)20(27)19-5-4-14-28-19;/h4-9,14H,10-13,15-16H2,1-3H3,(H,22,23);1H. The molecule has 158 valence electrons. The predicted molar refractivity (Wildman–Crippen MR) is 126 cm³/mol. The fourth-order valence-electron chi connectivity index (χ4n) is 3.32. The Morgan fingerprint density at radius 1 is 1.07 bits per heavy atom. The van der Waals surface area contributed by atoms with Crippen molar-refractivity contribution in [1.82, 2.24) is 20.0 Å². The molecule has 0 aliphatic carbocycles. The van der Waals surface area contributed by atoms with Crippen LogP contribution in [-0.2, 0) is 13.1 Å². The highest BCUT2D eigenvalue weighted by Gasteiger charge is 2.25. The minimum Gasteiger partial charge on any atom is -0.459 e. The highest BCUT2D eigenvalue weighted by atomic mass is 127. The zero-order valence-electron chi connectivity index (χ0n) is 17.3. The van der Waals surface area contributed by atoms with Crippen molar-refractivity contribution in [2.45, 2.75) is 13.1 Å². The monoisotopic (exact) mass is 511 g/mol. The van der Waals surface area contributed by atoms with Crippen LogP contribution in [0, 0.1) is 0 Å². The maximum atomic E-state index is 12.4. The molecule has 2 aromatic rings. The summed E-state index contributed by atoms with van der Waals surface area (Å²) in [6, 6.07) is 12.1. The molecule has 2 heterocycles. The molecule has 29 heavy (non-hydrogen) atoms. The molecule has 1 N–H and O–H groups in total. The normalized spacial score (nSPS) is 14.7. The van der Waals surface area contributed by atoms with Gasteiger partial charge in [-0.2, -0.15) is 0 Å². The van der Waals surface area contributed by atoms with Gasteiger partial charge in [-0.05, 0) is 37.4 Å². The number of guanidine groups is 1. The molecule has 0 saturated carbocycles. The largest absolute Gasteiger partial charge is 0.459 e. The first-order chi connectivity index (χ1) is 13.6. The molecule has 7 nitrogen and oxygen atoms in total. The number of halogens is 1.